The standard InChI is InChI=1S/C25H29ClFN5O3/c1-30(2)23(33)16-11-13-31(15-16)18-6-8-19(9-7-18)32-12-3-4-22(24(32)34)29-25(35)28-21-10-5-17(26)14-20(21)27/h5-10,14,16,22H,3-4,11-13,15H2,1-2H3,(H2,28,29,35)/t16?,22-/m1/s1. The van der Waals surface area contributed by atoms with Crippen LogP contribution in [0.4, 0.5) is 26.2 Å². The number of hydrogen-bond acceptors (Lipinski definition) is 4. The Labute approximate surface area is 209 Å². The molecule has 2 saturated heterocycles. The maximum Gasteiger partial charge on any atom is 0.319 e. The SMILES string of the molecule is CN(C)C(=O)C1CCN(c2ccc(N3CCC[C@@H](NC(=O)Nc4ccc(Cl)cc4F)C3=O)cc2)C1. The Hall–Kier alpha value is -3.33. The van der Waals surface area contributed by atoms with Gasteiger partial charge in [0, 0.05) is 50.1 Å². The van der Waals surface area contributed by atoms with E-state index in [4.69, 9.17) is 11.6 Å². The lowest BCUT2D eigenvalue weighted by molar-refractivity contribution is -0.132. The molecule has 2 fully saturated rings. The number of nitrogens with one attached hydrogen (secondary N) is 2. The molecule has 4 amide bonds. The highest BCUT2D eigenvalue weighted by atomic mass is 35.5. The zero-order chi connectivity index (χ0) is 25.1. The van der Waals surface area contributed by atoms with Crippen LogP contribution in [0.15, 0.2) is 42.5 Å². The molecule has 35 heavy (non-hydrogen) atoms. The molecule has 4 rings (SSSR count). The van der Waals surface area contributed by atoms with Crippen LogP contribution in [0.3, 0.4) is 0 Å². The summed E-state index contributed by atoms with van der Waals surface area (Å²) in [5.41, 5.74) is 1.74. The summed E-state index contributed by atoms with van der Waals surface area (Å²) in [7, 11) is 3.55. The Kier molecular flexibility index (Phi) is 7.45. The Balaban J connectivity index is 1.36. The number of halogens is 2. The van der Waals surface area contributed by atoms with Crippen molar-refractivity contribution in [1.82, 2.24) is 10.2 Å². The highest BCUT2D eigenvalue weighted by molar-refractivity contribution is 6.30. The maximum atomic E-state index is 14.0. The Morgan fingerprint density at radius 1 is 1.06 bits per heavy atom. The van der Waals surface area contributed by atoms with Crippen molar-refractivity contribution in [2.75, 3.05) is 48.8 Å². The zero-order valence-electron chi connectivity index (χ0n) is 19.8. The molecule has 1 unspecified atom stereocenters. The second-order valence-electron chi connectivity index (χ2n) is 9.09. The first kappa shape index (κ1) is 24.8. The van der Waals surface area contributed by atoms with Gasteiger partial charge in [0.25, 0.3) is 0 Å². The minimum Gasteiger partial charge on any atom is -0.371 e. The normalized spacial score (nSPS) is 20.1. The van der Waals surface area contributed by atoms with Crippen molar-refractivity contribution in [2.24, 2.45) is 5.92 Å². The van der Waals surface area contributed by atoms with Crippen molar-refractivity contribution in [1.29, 1.82) is 0 Å². The first-order chi connectivity index (χ1) is 16.7. The fourth-order valence-electron chi connectivity index (χ4n) is 4.58. The molecule has 2 aliphatic heterocycles. The van der Waals surface area contributed by atoms with Gasteiger partial charge in [-0.15, -0.1) is 0 Å². The average molecular weight is 502 g/mol. The van der Waals surface area contributed by atoms with Gasteiger partial charge in [0.2, 0.25) is 11.8 Å². The minimum absolute atomic E-state index is 0.00678. The number of rotatable bonds is 5. The number of carbonyl (C=O) groups is 3. The van der Waals surface area contributed by atoms with Gasteiger partial charge >= 0.3 is 6.03 Å². The molecule has 0 spiro atoms. The molecule has 8 nitrogen and oxygen atoms in total. The molecular formula is C25H29ClFN5O3. The number of amides is 4. The predicted molar refractivity (Wildman–Crippen MR) is 134 cm³/mol. The molecule has 0 radical (unpaired) electrons. The summed E-state index contributed by atoms with van der Waals surface area (Å²) in [6, 6.07) is 10.3. The van der Waals surface area contributed by atoms with Crippen molar-refractivity contribution in [3.63, 3.8) is 0 Å². The van der Waals surface area contributed by atoms with E-state index in [2.05, 4.69) is 15.5 Å². The predicted octanol–water partition coefficient (Wildman–Crippen LogP) is 3.71. The van der Waals surface area contributed by atoms with Crippen molar-refractivity contribution in [2.45, 2.75) is 25.3 Å². The van der Waals surface area contributed by atoms with Gasteiger partial charge in [-0.25, -0.2) is 9.18 Å². The maximum absolute atomic E-state index is 14.0. The van der Waals surface area contributed by atoms with Crippen LogP contribution in [0.2, 0.25) is 5.02 Å². The first-order valence-corrected chi connectivity index (χ1v) is 12.0. The Morgan fingerprint density at radius 3 is 2.46 bits per heavy atom. The van der Waals surface area contributed by atoms with Crippen molar-refractivity contribution in [3.05, 3.63) is 53.3 Å². The van der Waals surface area contributed by atoms with E-state index < -0.39 is 17.9 Å². The summed E-state index contributed by atoms with van der Waals surface area (Å²) in [5.74, 6) is -0.731. The van der Waals surface area contributed by atoms with Crippen molar-refractivity contribution >= 4 is 46.5 Å². The number of anilines is 3. The third kappa shape index (κ3) is 5.67. The zero-order valence-corrected chi connectivity index (χ0v) is 20.5. The monoisotopic (exact) mass is 501 g/mol. The van der Waals surface area contributed by atoms with E-state index in [1.807, 2.05) is 24.3 Å². The number of hydrogen-bond donors (Lipinski definition) is 2. The topological polar surface area (TPSA) is 85.0 Å². The van der Waals surface area contributed by atoms with E-state index in [9.17, 15) is 18.8 Å². The summed E-state index contributed by atoms with van der Waals surface area (Å²) >= 11 is 5.74. The fraction of sp³-hybridized carbons (Fsp3) is 0.400. The molecule has 2 aromatic carbocycles. The highest BCUT2D eigenvalue weighted by Gasteiger charge is 2.32. The van der Waals surface area contributed by atoms with Crippen LogP contribution in [0.25, 0.3) is 0 Å². The van der Waals surface area contributed by atoms with Gasteiger partial charge in [-0.3, -0.25) is 9.59 Å². The molecule has 186 valence electrons. The van der Waals surface area contributed by atoms with Crippen LogP contribution in [0.1, 0.15) is 19.3 Å². The molecule has 0 aliphatic carbocycles. The van der Waals surface area contributed by atoms with Gasteiger partial charge in [-0.2, -0.15) is 0 Å². The van der Waals surface area contributed by atoms with Crippen LogP contribution in [0.5, 0.6) is 0 Å². The number of urea groups is 1. The summed E-state index contributed by atoms with van der Waals surface area (Å²) in [4.78, 5) is 43.2. The summed E-state index contributed by atoms with van der Waals surface area (Å²) in [5, 5.41) is 5.31. The molecule has 0 saturated carbocycles. The van der Waals surface area contributed by atoms with Crippen LogP contribution >= 0.6 is 11.6 Å². The molecule has 2 N–H and O–H groups in total. The fourth-order valence-corrected chi connectivity index (χ4v) is 4.74. The average Bonchev–Trinajstić information content (AvgIpc) is 3.32. The molecule has 2 aromatic rings. The lowest BCUT2D eigenvalue weighted by Crippen LogP contribution is -2.53. The molecule has 0 bridgehead atoms. The van der Waals surface area contributed by atoms with Gasteiger partial charge in [-0.05, 0) is 61.7 Å². The highest BCUT2D eigenvalue weighted by Crippen LogP contribution is 2.28. The van der Waals surface area contributed by atoms with Crippen molar-refractivity contribution < 1.29 is 18.8 Å². The second-order valence-corrected chi connectivity index (χ2v) is 9.52. The number of benzene rings is 2. The van der Waals surface area contributed by atoms with E-state index in [0.717, 1.165) is 30.4 Å². The molecule has 0 aromatic heterocycles. The van der Waals surface area contributed by atoms with E-state index in [1.165, 1.54) is 12.1 Å². The van der Waals surface area contributed by atoms with Crippen LogP contribution in [-0.4, -0.2) is 62.5 Å². The molecule has 2 aliphatic rings. The lowest BCUT2D eigenvalue weighted by atomic mass is 10.0. The van der Waals surface area contributed by atoms with Crippen LogP contribution in [-0.2, 0) is 9.59 Å². The van der Waals surface area contributed by atoms with Gasteiger partial charge in [0.05, 0.1) is 11.6 Å². The van der Waals surface area contributed by atoms with Crippen LogP contribution in [0, 0.1) is 11.7 Å². The Bertz CT molecular complexity index is 1110. The first-order valence-electron chi connectivity index (χ1n) is 11.6. The molecule has 10 heteroatoms. The summed E-state index contributed by atoms with van der Waals surface area (Å²) in [6.45, 7) is 2.03. The van der Waals surface area contributed by atoms with Crippen LogP contribution < -0.4 is 20.4 Å². The third-order valence-electron chi connectivity index (χ3n) is 6.43. The summed E-state index contributed by atoms with van der Waals surface area (Å²) in [6.07, 6.45) is 2.03. The van der Waals surface area contributed by atoms with Gasteiger partial charge < -0.3 is 25.3 Å². The van der Waals surface area contributed by atoms with Gasteiger partial charge in [0.15, 0.2) is 0 Å². The molecule has 2 heterocycles. The second kappa shape index (κ2) is 10.5. The van der Waals surface area contributed by atoms with Gasteiger partial charge in [-0.1, -0.05) is 11.6 Å². The lowest BCUT2D eigenvalue weighted by Gasteiger charge is -2.33. The van der Waals surface area contributed by atoms with E-state index in [0.29, 0.717) is 25.9 Å². The van der Waals surface area contributed by atoms with E-state index >= 15 is 0 Å². The smallest absolute Gasteiger partial charge is 0.319 e. The number of piperidine rings is 1. The van der Waals surface area contributed by atoms with Gasteiger partial charge in [0.1, 0.15) is 11.9 Å². The molecular weight excluding hydrogens is 473 g/mol. The van der Waals surface area contributed by atoms with E-state index in [-0.39, 0.29) is 28.4 Å². The molecule has 2 atom stereocenters. The number of carbonyl (C=O) groups excluding carboxylic acids is 3. The quantitative estimate of drug-likeness (QED) is 0.654. The van der Waals surface area contributed by atoms with Crippen molar-refractivity contribution in [3.8, 4) is 0 Å². The summed E-state index contributed by atoms with van der Waals surface area (Å²) < 4.78 is 14.0. The number of nitrogens with zero attached hydrogens (tertiary/aromatic N) is 3. The van der Waals surface area contributed by atoms with E-state index in [1.54, 1.807) is 23.9 Å². The minimum atomic E-state index is -0.713. The third-order valence-corrected chi connectivity index (χ3v) is 6.66. The largest absolute Gasteiger partial charge is 0.371 e. The Morgan fingerprint density at radius 2 is 1.77 bits per heavy atom.